The van der Waals surface area contributed by atoms with Crippen molar-refractivity contribution in [1.29, 1.82) is 0 Å². The minimum Gasteiger partial charge on any atom is -0.336 e. The number of hydrogen-bond acceptors (Lipinski definition) is 3. The second kappa shape index (κ2) is 5.17. The van der Waals surface area contributed by atoms with Crippen molar-refractivity contribution in [3.05, 3.63) is 0 Å². The Balaban J connectivity index is 1.81. The molecule has 0 spiro atoms. The van der Waals surface area contributed by atoms with Crippen molar-refractivity contribution in [1.82, 2.24) is 9.80 Å². The Morgan fingerprint density at radius 1 is 1.39 bits per heavy atom. The first kappa shape index (κ1) is 13.8. The summed E-state index contributed by atoms with van der Waals surface area (Å²) in [6.07, 6.45) is 3.89. The zero-order valence-corrected chi connectivity index (χ0v) is 12.0. The van der Waals surface area contributed by atoms with E-state index in [2.05, 4.69) is 25.8 Å². The molecule has 0 saturated carbocycles. The van der Waals surface area contributed by atoms with Crippen LogP contribution in [0, 0.1) is 5.92 Å². The lowest BCUT2D eigenvalue weighted by Crippen LogP contribution is -2.42. The van der Waals surface area contributed by atoms with Crippen molar-refractivity contribution in [3.63, 3.8) is 0 Å². The maximum absolute atomic E-state index is 12.3. The van der Waals surface area contributed by atoms with E-state index in [0.29, 0.717) is 18.2 Å². The summed E-state index contributed by atoms with van der Waals surface area (Å²) >= 11 is 0. The van der Waals surface area contributed by atoms with Gasteiger partial charge in [-0.3, -0.25) is 4.79 Å². The highest BCUT2D eigenvalue weighted by molar-refractivity contribution is 5.77. The lowest BCUT2D eigenvalue weighted by molar-refractivity contribution is -0.134. The minimum atomic E-state index is -0.0526. The van der Waals surface area contributed by atoms with Crippen LogP contribution in [-0.4, -0.2) is 54.0 Å². The standard InChI is InChI=1S/C14H27N3O/c1-14(2)8-12(15)10-17(14)13(18)5-4-11-6-7-16(3)9-11/h11-12H,4-10,15H2,1-3H3. The van der Waals surface area contributed by atoms with Crippen LogP contribution in [0.4, 0.5) is 0 Å². The number of nitrogens with two attached hydrogens (primary N) is 1. The molecule has 2 N–H and O–H groups in total. The third-order valence-electron chi connectivity index (χ3n) is 4.47. The van der Waals surface area contributed by atoms with E-state index < -0.39 is 0 Å². The van der Waals surface area contributed by atoms with Gasteiger partial charge in [-0.1, -0.05) is 0 Å². The Labute approximate surface area is 110 Å². The number of amides is 1. The number of hydrogen-bond donors (Lipinski definition) is 1. The molecule has 0 aliphatic carbocycles. The molecule has 0 aromatic heterocycles. The predicted octanol–water partition coefficient (Wildman–Crippen LogP) is 1.06. The Morgan fingerprint density at radius 2 is 2.11 bits per heavy atom. The highest BCUT2D eigenvalue weighted by atomic mass is 16.2. The summed E-state index contributed by atoms with van der Waals surface area (Å²) in [4.78, 5) is 16.6. The van der Waals surface area contributed by atoms with Gasteiger partial charge >= 0.3 is 0 Å². The Morgan fingerprint density at radius 3 is 2.61 bits per heavy atom. The summed E-state index contributed by atoms with van der Waals surface area (Å²) < 4.78 is 0. The minimum absolute atomic E-state index is 0.0526. The molecule has 0 bridgehead atoms. The molecule has 0 aromatic rings. The Bertz CT molecular complexity index is 316. The average molecular weight is 253 g/mol. The van der Waals surface area contributed by atoms with E-state index in [1.807, 2.05) is 4.90 Å². The first-order chi connectivity index (χ1) is 8.38. The molecular weight excluding hydrogens is 226 g/mol. The van der Waals surface area contributed by atoms with Gasteiger partial charge in [-0.2, -0.15) is 0 Å². The van der Waals surface area contributed by atoms with Crippen molar-refractivity contribution in [2.24, 2.45) is 11.7 Å². The molecule has 2 aliphatic rings. The molecule has 2 saturated heterocycles. The maximum atomic E-state index is 12.3. The van der Waals surface area contributed by atoms with Crippen LogP contribution in [0.3, 0.4) is 0 Å². The third kappa shape index (κ3) is 3.04. The number of nitrogens with zero attached hydrogens (tertiary/aromatic N) is 2. The van der Waals surface area contributed by atoms with Crippen molar-refractivity contribution in [2.45, 2.75) is 51.1 Å². The predicted molar refractivity (Wildman–Crippen MR) is 73.2 cm³/mol. The van der Waals surface area contributed by atoms with Crippen molar-refractivity contribution in [2.75, 3.05) is 26.7 Å². The molecule has 4 nitrogen and oxygen atoms in total. The number of likely N-dealkylation sites (tertiary alicyclic amines) is 2. The van der Waals surface area contributed by atoms with Gasteiger partial charge in [-0.25, -0.2) is 0 Å². The summed E-state index contributed by atoms with van der Waals surface area (Å²) in [7, 11) is 2.16. The molecule has 18 heavy (non-hydrogen) atoms. The van der Waals surface area contributed by atoms with E-state index in [1.54, 1.807) is 0 Å². The summed E-state index contributed by atoms with van der Waals surface area (Å²) in [5, 5.41) is 0. The summed E-state index contributed by atoms with van der Waals surface area (Å²) in [5.41, 5.74) is 5.92. The molecule has 4 heteroatoms. The summed E-state index contributed by atoms with van der Waals surface area (Å²) in [6.45, 7) is 7.31. The van der Waals surface area contributed by atoms with Gasteiger partial charge in [0.1, 0.15) is 0 Å². The van der Waals surface area contributed by atoms with Gasteiger partial charge in [0.25, 0.3) is 0 Å². The highest BCUT2D eigenvalue weighted by Gasteiger charge is 2.39. The lowest BCUT2D eigenvalue weighted by atomic mass is 9.98. The molecule has 0 radical (unpaired) electrons. The molecule has 104 valence electrons. The van der Waals surface area contributed by atoms with Crippen LogP contribution in [0.5, 0.6) is 0 Å². The molecule has 2 rings (SSSR count). The number of carbonyl (C=O) groups is 1. The fourth-order valence-corrected chi connectivity index (χ4v) is 3.46. The summed E-state index contributed by atoms with van der Waals surface area (Å²) in [6, 6.07) is 0.154. The second-order valence-electron chi connectivity index (χ2n) is 6.74. The molecule has 1 amide bonds. The van der Waals surface area contributed by atoms with E-state index in [0.717, 1.165) is 25.9 Å². The molecule has 2 fully saturated rings. The van der Waals surface area contributed by atoms with E-state index in [-0.39, 0.29) is 11.6 Å². The maximum Gasteiger partial charge on any atom is 0.223 e. The third-order valence-corrected chi connectivity index (χ3v) is 4.47. The molecular formula is C14H27N3O. The van der Waals surface area contributed by atoms with Crippen LogP contribution in [0.15, 0.2) is 0 Å². The number of rotatable bonds is 3. The SMILES string of the molecule is CN1CCC(CCC(=O)N2CC(N)CC2(C)C)C1. The largest absolute Gasteiger partial charge is 0.336 e. The molecule has 2 heterocycles. The van der Waals surface area contributed by atoms with E-state index in [1.165, 1.54) is 13.0 Å². The fraction of sp³-hybridized carbons (Fsp3) is 0.929. The van der Waals surface area contributed by atoms with Gasteiger partial charge in [0.2, 0.25) is 5.91 Å². The zero-order valence-electron chi connectivity index (χ0n) is 12.0. The van der Waals surface area contributed by atoms with Gasteiger partial charge in [-0.05, 0) is 52.6 Å². The van der Waals surface area contributed by atoms with E-state index in [4.69, 9.17) is 5.73 Å². The van der Waals surface area contributed by atoms with Crippen molar-refractivity contribution < 1.29 is 4.79 Å². The highest BCUT2D eigenvalue weighted by Crippen LogP contribution is 2.29. The average Bonchev–Trinajstić information content (AvgIpc) is 2.78. The molecule has 2 atom stereocenters. The van der Waals surface area contributed by atoms with Gasteiger partial charge < -0.3 is 15.5 Å². The van der Waals surface area contributed by atoms with Gasteiger partial charge in [0.05, 0.1) is 0 Å². The van der Waals surface area contributed by atoms with Crippen LogP contribution in [0.2, 0.25) is 0 Å². The molecule has 2 aliphatic heterocycles. The lowest BCUT2D eigenvalue weighted by Gasteiger charge is -2.31. The van der Waals surface area contributed by atoms with E-state index >= 15 is 0 Å². The first-order valence-electron chi connectivity index (χ1n) is 7.13. The van der Waals surface area contributed by atoms with Crippen LogP contribution >= 0.6 is 0 Å². The fourth-order valence-electron chi connectivity index (χ4n) is 3.46. The van der Waals surface area contributed by atoms with Gasteiger partial charge in [0.15, 0.2) is 0 Å². The second-order valence-corrected chi connectivity index (χ2v) is 6.74. The van der Waals surface area contributed by atoms with Crippen LogP contribution in [0.25, 0.3) is 0 Å². The zero-order chi connectivity index (χ0) is 13.3. The topological polar surface area (TPSA) is 49.6 Å². The molecule has 2 unspecified atom stereocenters. The Hall–Kier alpha value is -0.610. The van der Waals surface area contributed by atoms with Crippen molar-refractivity contribution in [3.8, 4) is 0 Å². The van der Waals surface area contributed by atoms with Crippen LogP contribution in [-0.2, 0) is 4.79 Å². The number of carbonyl (C=O) groups excluding carboxylic acids is 1. The van der Waals surface area contributed by atoms with Crippen molar-refractivity contribution >= 4 is 5.91 Å². The Kier molecular flexibility index (Phi) is 3.97. The van der Waals surface area contributed by atoms with Crippen LogP contribution in [0.1, 0.15) is 39.5 Å². The smallest absolute Gasteiger partial charge is 0.223 e. The quantitative estimate of drug-likeness (QED) is 0.818. The van der Waals surface area contributed by atoms with E-state index in [9.17, 15) is 4.79 Å². The summed E-state index contributed by atoms with van der Waals surface area (Å²) in [5.74, 6) is 1.00. The monoisotopic (exact) mass is 253 g/mol. The van der Waals surface area contributed by atoms with Gasteiger partial charge in [0, 0.05) is 31.1 Å². The van der Waals surface area contributed by atoms with Crippen LogP contribution < -0.4 is 5.73 Å². The first-order valence-corrected chi connectivity index (χ1v) is 7.13. The molecule has 0 aromatic carbocycles. The van der Waals surface area contributed by atoms with Gasteiger partial charge in [-0.15, -0.1) is 0 Å². The normalized spacial score (nSPS) is 32.1.